The fourth-order valence-corrected chi connectivity index (χ4v) is 4.61. The van der Waals surface area contributed by atoms with E-state index in [0.717, 1.165) is 54.1 Å². The second-order valence-electron chi connectivity index (χ2n) is 10.0. The number of hydrogen-bond acceptors (Lipinski definition) is 8. The lowest BCUT2D eigenvalue weighted by molar-refractivity contribution is -0.129. The topological polar surface area (TPSA) is 106 Å². The molecule has 1 atom stereocenters. The molecule has 2 heterocycles. The van der Waals surface area contributed by atoms with E-state index in [4.69, 9.17) is 19.4 Å². The predicted molar refractivity (Wildman–Crippen MR) is 145 cm³/mol. The Bertz CT molecular complexity index is 1110. The summed E-state index contributed by atoms with van der Waals surface area (Å²) in [5.41, 5.74) is 2.54. The Morgan fingerprint density at radius 1 is 1.14 bits per heavy atom. The molecule has 1 aromatic carbocycles. The van der Waals surface area contributed by atoms with Crippen molar-refractivity contribution in [1.29, 1.82) is 0 Å². The molecule has 0 saturated heterocycles. The van der Waals surface area contributed by atoms with Gasteiger partial charge in [-0.3, -0.25) is 4.79 Å². The highest BCUT2D eigenvalue weighted by Gasteiger charge is 2.29. The van der Waals surface area contributed by atoms with Crippen LogP contribution in [-0.4, -0.2) is 52.9 Å². The van der Waals surface area contributed by atoms with Gasteiger partial charge in [-0.25, -0.2) is 4.98 Å². The van der Waals surface area contributed by atoms with Crippen molar-refractivity contribution in [1.82, 2.24) is 14.9 Å². The van der Waals surface area contributed by atoms with Gasteiger partial charge in [-0.1, -0.05) is 19.8 Å². The van der Waals surface area contributed by atoms with E-state index in [1.807, 2.05) is 18.2 Å². The van der Waals surface area contributed by atoms with Crippen molar-refractivity contribution < 1.29 is 19.1 Å². The van der Waals surface area contributed by atoms with Crippen LogP contribution in [0.1, 0.15) is 76.6 Å². The van der Waals surface area contributed by atoms with Gasteiger partial charge in [0.2, 0.25) is 11.9 Å². The number of ketones is 1. The molecule has 0 aliphatic carbocycles. The molecule has 1 amide bonds. The highest BCUT2D eigenvalue weighted by Crippen LogP contribution is 2.32. The number of carbonyl (C=O) groups excluding carboxylic acids is 2. The first-order chi connectivity index (χ1) is 17.7. The molecular formula is C28H41N5O4. The third-order valence-electron chi connectivity index (χ3n) is 6.97. The van der Waals surface area contributed by atoms with E-state index in [0.29, 0.717) is 44.2 Å². The largest absolute Gasteiger partial charge is 0.497 e. The summed E-state index contributed by atoms with van der Waals surface area (Å²) >= 11 is 0. The lowest BCUT2D eigenvalue weighted by Gasteiger charge is -2.34. The maximum atomic E-state index is 12.1. The average Bonchev–Trinajstić information content (AvgIpc) is 2.89. The summed E-state index contributed by atoms with van der Waals surface area (Å²) in [4.78, 5) is 35.4. The molecule has 1 aliphatic heterocycles. The minimum atomic E-state index is -0.280. The molecule has 37 heavy (non-hydrogen) atoms. The Hall–Kier alpha value is -3.36. The molecule has 3 rings (SSSR count). The summed E-state index contributed by atoms with van der Waals surface area (Å²) in [5.74, 6) is 2.90. The van der Waals surface area contributed by atoms with Crippen molar-refractivity contribution in [3.63, 3.8) is 0 Å². The third-order valence-corrected chi connectivity index (χ3v) is 6.97. The monoisotopic (exact) mass is 511 g/mol. The molecular weight excluding hydrogens is 470 g/mol. The molecule has 2 N–H and O–H groups in total. The summed E-state index contributed by atoms with van der Waals surface area (Å²) in [6.45, 7) is 9.10. The Balaban J connectivity index is 1.93. The van der Waals surface area contributed by atoms with Crippen LogP contribution in [0, 0.1) is 0 Å². The molecule has 1 aliphatic rings. The molecule has 0 bridgehead atoms. The molecule has 2 aromatic rings. The number of fused-ring (bicyclic) bond motifs is 1. The van der Waals surface area contributed by atoms with E-state index in [9.17, 15) is 9.59 Å². The summed E-state index contributed by atoms with van der Waals surface area (Å²) in [6.07, 6.45) is 4.98. The van der Waals surface area contributed by atoms with E-state index >= 15 is 0 Å². The minimum absolute atomic E-state index is 0.0329. The Morgan fingerprint density at radius 3 is 2.57 bits per heavy atom. The van der Waals surface area contributed by atoms with E-state index in [-0.39, 0.29) is 17.2 Å². The van der Waals surface area contributed by atoms with Crippen LogP contribution in [0.3, 0.4) is 0 Å². The number of ether oxygens (including phenoxy) is 2. The maximum absolute atomic E-state index is 12.1. The standard InChI is InChI=1S/C28H41N5O4/c1-7-8-13-28(4,14-11-19(2)34)32-26-23-12-15-33(20(3)35)18-24(23)30-27(31-26)29-17-21-9-10-22(36-5)16-25(21)37-6/h9-10,16H,7-8,11-15,17-18H2,1-6H3,(H2,29,30,31,32)/t28-/m1/s1. The van der Waals surface area contributed by atoms with Gasteiger partial charge in [-0.2, -0.15) is 4.98 Å². The number of hydrogen-bond donors (Lipinski definition) is 2. The van der Waals surface area contributed by atoms with Crippen LogP contribution in [0.5, 0.6) is 11.5 Å². The van der Waals surface area contributed by atoms with Gasteiger partial charge in [0, 0.05) is 49.2 Å². The zero-order valence-corrected chi connectivity index (χ0v) is 23.1. The van der Waals surface area contributed by atoms with E-state index in [1.165, 1.54) is 0 Å². The van der Waals surface area contributed by atoms with Crippen molar-refractivity contribution in [3.8, 4) is 11.5 Å². The highest BCUT2D eigenvalue weighted by atomic mass is 16.5. The molecule has 1 aromatic heterocycles. The van der Waals surface area contributed by atoms with E-state index in [2.05, 4.69) is 24.5 Å². The first-order valence-corrected chi connectivity index (χ1v) is 13.1. The number of methoxy groups -OCH3 is 2. The molecule has 0 unspecified atom stereocenters. The summed E-state index contributed by atoms with van der Waals surface area (Å²) in [5, 5.41) is 7.05. The molecule has 202 valence electrons. The number of nitrogens with one attached hydrogen (secondary N) is 2. The van der Waals surface area contributed by atoms with E-state index < -0.39 is 0 Å². The van der Waals surface area contributed by atoms with Crippen molar-refractivity contribution in [2.75, 3.05) is 31.4 Å². The Kier molecular flexibility index (Phi) is 9.72. The molecule has 9 heteroatoms. The van der Waals surface area contributed by atoms with Crippen LogP contribution in [0.4, 0.5) is 11.8 Å². The van der Waals surface area contributed by atoms with Crippen LogP contribution in [0.2, 0.25) is 0 Å². The maximum Gasteiger partial charge on any atom is 0.225 e. The lowest BCUT2D eigenvalue weighted by atomic mass is 9.88. The SMILES string of the molecule is CCCC[C@](C)(CCC(C)=O)Nc1nc(NCc2ccc(OC)cc2OC)nc2c1CCN(C(C)=O)C2. The number of rotatable bonds is 13. The predicted octanol–water partition coefficient (Wildman–Crippen LogP) is 4.74. The van der Waals surface area contributed by atoms with Crippen LogP contribution in [-0.2, 0) is 29.1 Å². The van der Waals surface area contributed by atoms with Crippen LogP contribution < -0.4 is 20.1 Å². The van der Waals surface area contributed by atoms with Gasteiger partial charge in [-0.15, -0.1) is 0 Å². The number of benzene rings is 1. The van der Waals surface area contributed by atoms with Crippen molar-refractivity contribution in [2.24, 2.45) is 0 Å². The first-order valence-electron chi connectivity index (χ1n) is 13.1. The lowest BCUT2D eigenvalue weighted by Crippen LogP contribution is -2.39. The van der Waals surface area contributed by atoms with Gasteiger partial charge in [-0.05, 0) is 45.2 Å². The number of nitrogens with zero attached hydrogens (tertiary/aromatic N) is 3. The average molecular weight is 512 g/mol. The van der Waals surface area contributed by atoms with Crippen LogP contribution >= 0.6 is 0 Å². The fraction of sp³-hybridized carbons (Fsp3) is 0.571. The van der Waals surface area contributed by atoms with Crippen molar-refractivity contribution in [3.05, 3.63) is 35.0 Å². The zero-order chi connectivity index (χ0) is 27.0. The molecule has 9 nitrogen and oxygen atoms in total. The number of carbonyl (C=O) groups is 2. The number of anilines is 2. The van der Waals surface area contributed by atoms with Gasteiger partial charge in [0.15, 0.2) is 0 Å². The van der Waals surface area contributed by atoms with Crippen molar-refractivity contribution >= 4 is 23.5 Å². The Labute approximate surface area is 220 Å². The summed E-state index contributed by atoms with van der Waals surface area (Å²) in [7, 11) is 3.25. The smallest absolute Gasteiger partial charge is 0.225 e. The van der Waals surface area contributed by atoms with Gasteiger partial charge < -0.3 is 29.8 Å². The Morgan fingerprint density at radius 2 is 1.92 bits per heavy atom. The molecule has 0 radical (unpaired) electrons. The number of amides is 1. The quantitative estimate of drug-likeness (QED) is 0.397. The molecule has 0 spiro atoms. The number of unbranched alkanes of at least 4 members (excludes halogenated alkanes) is 1. The van der Waals surface area contributed by atoms with E-state index in [1.54, 1.807) is 33.0 Å². The van der Waals surface area contributed by atoms with Gasteiger partial charge in [0.25, 0.3) is 0 Å². The second-order valence-corrected chi connectivity index (χ2v) is 10.0. The highest BCUT2D eigenvalue weighted by molar-refractivity contribution is 5.75. The number of Topliss-reactive ketones (excluding diaryl/α,β-unsaturated/α-hetero) is 1. The normalized spacial score (nSPS) is 14.4. The van der Waals surface area contributed by atoms with Gasteiger partial charge >= 0.3 is 0 Å². The molecule has 0 saturated carbocycles. The second kappa shape index (κ2) is 12.7. The number of aromatic nitrogens is 2. The zero-order valence-electron chi connectivity index (χ0n) is 23.1. The third kappa shape index (κ3) is 7.57. The van der Waals surface area contributed by atoms with Gasteiger partial charge in [0.1, 0.15) is 23.1 Å². The first kappa shape index (κ1) is 28.2. The summed E-state index contributed by atoms with van der Waals surface area (Å²) in [6, 6.07) is 5.68. The summed E-state index contributed by atoms with van der Waals surface area (Å²) < 4.78 is 10.8. The van der Waals surface area contributed by atoms with Crippen LogP contribution in [0.25, 0.3) is 0 Å². The van der Waals surface area contributed by atoms with Crippen molar-refractivity contribution in [2.45, 2.75) is 84.8 Å². The van der Waals surface area contributed by atoms with Gasteiger partial charge in [0.05, 0.1) is 26.5 Å². The minimum Gasteiger partial charge on any atom is -0.497 e. The van der Waals surface area contributed by atoms with Crippen LogP contribution in [0.15, 0.2) is 18.2 Å². The molecule has 0 fully saturated rings. The fourth-order valence-electron chi connectivity index (χ4n) is 4.61.